The van der Waals surface area contributed by atoms with Crippen molar-refractivity contribution < 1.29 is 9.18 Å². The molecule has 118 valence electrons. The van der Waals surface area contributed by atoms with Crippen LogP contribution in [0, 0.1) is 19.7 Å². The Kier molecular flexibility index (Phi) is 3.86. The molecule has 0 aliphatic rings. The molecular formula is C18H18FN3O. The maximum atomic E-state index is 13.0. The maximum absolute atomic E-state index is 13.0. The average Bonchev–Trinajstić information content (AvgIpc) is 2.82. The Morgan fingerprint density at radius 3 is 2.61 bits per heavy atom. The lowest BCUT2D eigenvalue weighted by atomic mass is 10.1. The summed E-state index contributed by atoms with van der Waals surface area (Å²) in [4.78, 5) is 17.1. The van der Waals surface area contributed by atoms with Crippen LogP contribution in [-0.4, -0.2) is 15.3 Å². The Morgan fingerprint density at radius 2 is 1.91 bits per heavy atom. The molecule has 1 N–H and O–H groups in total. The normalized spacial score (nSPS) is 12.3. The van der Waals surface area contributed by atoms with E-state index in [2.05, 4.69) is 10.3 Å². The number of aryl methyl sites for hydroxylation is 2. The molecule has 1 atom stereocenters. The summed E-state index contributed by atoms with van der Waals surface area (Å²) in [6.45, 7) is 5.67. The van der Waals surface area contributed by atoms with Gasteiger partial charge in [0.1, 0.15) is 17.2 Å². The van der Waals surface area contributed by atoms with Crippen molar-refractivity contribution in [3.05, 3.63) is 70.9 Å². The van der Waals surface area contributed by atoms with Crippen LogP contribution >= 0.6 is 0 Å². The number of rotatable bonds is 3. The molecule has 4 nitrogen and oxygen atoms in total. The molecule has 1 amide bonds. The maximum Gasteiger partial charge on any atom is 0.270 e. The summed E-state index contributed by atoms with van der Waals surface area (Å²) >= 11 is 0. The van der Waals surface area contributed by atoms with Gasteiger partial charge in [-0.15, -0.1) is 0 Å². The minimum absolute atomic E-state index is 0.198. The van der Waals surface area contributed by atoms with Gasteiger partial charge in [0.15, 0.2) is 0 Å². The summed E-state index contributed by atoms with van der Waals surface area (Å²) in [6, 6.07) is 9.77. The summed E-state index contributed by atoms with van der Waals surface area (Å²) in [5.41, 5.74) is 3.90. The highest BCUT2D eigenvalue weighted by Crippen LogP contribution is 2.17. The number of hydrogen-bond acceptors (Lipinski definition) is 2. The summed E-state index contributed by atoms with van der Waals surface area (Å²) in [7, 11) is 0. The summed E-state index contributed by atoms with van der Waals surface area (Å²) in [5.74, 6) is -0.490. The van der Waals surface area contributed by atoms with Gasteiger partial charge in [0.05, 0.1) is 11.7 Å². The number of fused-ring (bicyclic) bond motifs is 1. The van der Waals surface area contributed by atoms with Crippen LogP contribution in [0.15, 0.2) is 42.6 Å². The van der Waals surface area contributed by atoms with E-state index in [4.69, 9.17) is 0 Å². The lowest BCUT2D eigenvalue weighted by Crippen LogP contribution is -2.28. The molecule has 1 aromatic carbocycles. The van der Waals surface area contributed by atoms with Crippen LogP contribution in [0.4, 0.5) is 4.39 Å². The van der Waals surface area contributed by atoms with E-state index in [0.29, 0.717) is 11.4 Å². The minimum atomic E-state index is -0.291. The van der Waals surface area contributed by atoms with Crippen molar-refractivity contribution in [1.82, 2.24) is 14.7 Å². The molecule has 23 heavy (non-hydrogen) atoms. The smallest absolute Gasteiger partial charge is 0.270 e. The highest BCUT2D eigenvalue weighted by atomic mass is 19.1. The zero-order valence-electron chi connectivity index (χ0n) is 13.3. The van der Waals surface area contributed by atoms with Crippen LogP contribution in [0.5, 0.6) is 0 Å². The van der Waals surface area contributed by atoms with Crippen molar-refractivity contribution in [3.63, 3.8) is 0 Å². The number of carbonyl (C=O) groups is 1. The third-order valence-corrected chi connectivity index (χ3v) is 3.89. The molecular weight excluding hydrogens is 293 g/mol. The van der Waals surface area contributed by atoms with E-state index in [1.807, 2.05) is 39.1 Å². The van der Waals surface area contributed by atoms with Crippen molar-refractivity contribution in [3.8, 4) is 0 Å². The van der Waals surface area contributed by atoms with Crippen LogP contribution < -0.4 is 5.32 Å². The van der Waals surface area contributed by atoms with Gasteiger partial charge in [-0.05, 0) is 56.2 Å². The van der Waals surface area contributed by atoms with Crippen LogP contribution in [0.3, 0.4) is 0 Å². The largest absolute Gasteiger partial charge is 0.344 e. The molecule has 3 rings (SSSR count). The van der Waals surface area contributed by atoms with Crippen LogP contribution in [0.1, 0.15) is 40.3 Å². The fourth-order valence-electron chi connectivity index (χ4n) is 2.64. The minimum Gasteiger partial charge on any atom is -0.344 e. The van der Waals surface area contributed by atoms with E-state index in [-0.39, 0.29) is 17.8 Å². The van der Waals surface area contributed by atoms with Gasteiger partial charge in [-0.3, -0.25) is 9.20 Å². The van der Waals surface area contributed by atoms with Crippen molar-refractivity contribution in [1.29, 1.82) is 0 Å². The molecule has 2 heterocycles. The van der Waals surface area contributed by atoms with Crippen molar-refractivity contribution in [2.75, 3.05) is 0 Å². The standard InChI is InChI=1S/C18H18FN3O/c1-11-8-9-22-16(10-11)20-13(3)17(22)18(23)21-12(2)14-4-6-15(19)7-5-14/h4-10,12H,1-3H3,(H,21,23). The molecule has 0 aliphatic carbocycles. The molecule has 0 saturated heterocycles. The van der Waals surface area contributed by atoms with Gasteiger partial charge in [-0.2, -0.15) is 0 Å². The van der Waals surface area contributed by atoms with E-state index < -0.39 is 0 Å². The number of benzene rings is 1. The number of nitrogens with zero attached hydrogens (tertiary/aromatic N) is 2. The second kappa shape index (κ2) is 5.83. The average molecular weight is 311 g/mol. The number of amides is 1. The Balaban J connectivity index is 1.88. The fourth-order valence-corrected chi connectivity index (χ4v) is 2.64. The topological polar surface area (TPSA) is 46.4 Å². The van der Waals surface area contributed by atoms with Crippen molar-refractivity contribution in [2.24, 2.45) is 0 Å². The number of carbonyl (C=O) groups excluding carboxylic acids is 1. The molecule has 5 heteroatoms. The zero-order valence-corrected chi connectivity index (χ0v) is 13.3. The molecule has 3 aromatic rings. The highest BCUT2D eigenvalue weighted by molar-refractivity contribution is 5.94. The fraction of sp³-hybridized carbons (Fsp3) is 0.222. The summed E-state index contributed by atoms with van der Waals surface area (Å²) < 4.78 is 14.8. The van der Waals surface area contributed by atoms with Crippen LogP contribution in [-0.2, 0) is 0 Å². The van der Waals surface area contributed by atoms with Gasteiger partial charge in [-0.1, -0.05) is 12.1 Å². The second-order valence-electron chi connectivity index (χ2n) is 5.72. The second-order valence-corrected chi connectivity index (χ2v) is 5.72. The first-order chi connectivity index (χ1) is 11.0. The monoisotopic (exact) mass is 311 g/mol. The molecule has 0 aliphatic heterocycles. The van der Waals surface area contributed by atoms with Crippen LogP contribution in [0.25, 0.3) is 5.65 Å². The van der Waals surface area contributed by atoms with E-state index in [9.17, 15) is 9.18 Å². The van der Waals surface area contributed by atoms with Gasteiger partial charge in [0.2, 0.25) is 0 Å². The van der Waals surface area contributed by atoms with Crippen molar-refractivity contribution >= 4 is 11.6 Å². The zero-order chi connectivity index (χ0) is 16.6. The van der Waals surface area contributed by atoms with E-state index in [1.165, 1.54) is 12.1 Å². The van der Waals surface area contributed by atoms with Gasteiger partial charge in [0.25, 0.3) is 5.91 Å². The van der Waals surface area contributed by atoms with E-state index >= 15 is 0 Å². The first-order valence-corrected chi connectivity index (χ1v) is 7.47. The third kappa shape index (κ3) is 2.95. The van der Waals surface area contributed by atoms with Crippen molar-refractivity contribution in [2.45, 2.75) is 26.8 Å². The SMILES string of the molecule is Cc1ccn2c(C(=O)NC(C)c3ccc(F)cc3)c(C)nc2c1. The molecule has 0 radical (unpaired) electrons. The number of hydrogen-bond donors (Lipinski definition) is 1. The van der Waals surface area contributed by atoms with E-state index in [1.54, 1.807) is 16.5 Å². The third-order valence-electron chi connectivity index (χ3n) is 3.89. The molecule has 0 saturated carbocycles. The molecule has 0 spiro atoms. The van der Waals surface area contributed by atoms with Crippen LogP contribution in [0.2, 0.25) is 0 Å². The van der Waals surface area contributed by atoms with Gasteiger partial charge in [0, 0.05) is 6.20 Å². The number of pyridine rings is 1. The Hall–Kier alpha value is -2.69. The highest BCUT2D eigenvalue weighted by Gasteiger charge is 2.18. The molecule has 2 aromatic heterocycles. The first kappa shape index (κ1) is 15.2. The lowest BCUT2D eigenvalue weighted by Gasteiger charge is -2.14. The van der Waals surface area contributed by atoms with Gasteiger partial charge in [-0.25, -0.2) is 9.37 Å². The number of aromatic nitrogens is 2. The first-order valence-electron chi connectivity index (χ1n) is 7.47. The Morgan fingerprint density at radius 1 is 1.22 bits per heavy atom. The predicted octanol–water partition coefficient (Wildman–Crippen LogP) is 3.58. The molecule has 1 unspecified atom stereocenters. The number of imidazole rings is 1. The quantitative estimate of drug-likeness (QED) is 0.803. The summed E-state index contributed by atoms with van der Waals surface area (Å²) in [6.07, 6.45) is 1.85. The molecule has 0 bridgehead atoms. The van der Waals surface area contributed by atoms with E-state index in [0.717, 1.165) is 16.8 Å². The predicted molar refractivity (Wildman–Crippen MR) is 86.9 cm³/mol. The summed E-state index contributed by atoms with van der Waals surface area (Å²) in [5, 5.41) is 2.94. The van der Waals surface area contributed by atoms with Gasteiger partial charge < -0.3 is 5.32 Å². The molecule has 0 fully saturated rings. The Bertz CT molecular complexity index is 868. The lowest BCUT2D eigenvalue weighted by molar-refractivity contribution is 0.0933. The van der Waals surface area contributed by atoms with Gasteiger partial charge >= 0.3 is 0 Å². The Labute approximate surface area is 134 Å². The number of halogens is 1. The number of nitrogens with one attached hydrogen (secondary N) is 1.